The number of ether oxygens (including phenoxy) is 1. The van der Waals surface area contributed by atoms with Crippen LogP contribution in [-0.2, 0) is 16.6 Å². The molecule has 0 radical (unpaired) electrons. The molecule has 0 aliphatic rings. The molecule has 0 saturated carbocycles. The lowest BCUT2D eigenvalue weighted by Gasteiger charge is -2.06. The molecule has 0 unspecified atom stereocenters. The van der Waals surface area contributed by atoms with E-state index in [9.17, 15) is 8.42 Å². The zero-order valence-electron chi connectivity index (χ0n) is 9.59. The van der Waals surface area contributed by atoms with Crippen LogP contribution in [0.1, 0.15) is 12.0 Å². The van der Waals surface area contributed by atoms with Gasteiger partial charge >= 0.3 is 0 Å². The quantitative estimate of drug-likeness (QED) is 0.714. The van der Waals surface area contributed by atoms with Gasteiger partial charge in [-0.15, -0.1) is 0 Å². The number of aliphatic hydroxyl groups excluding tert-OH is 1. The Hall–Kier alpha value is -1.18. The van der Waals surface area contributed by atoms with Crippen LogP contribution < -0.4 is 9.46 Å². The van der Waals surface area contributed by atoms with Gasteiger partial charge in [0.1, 0.15) is 0 Å². The highest BCUT2D eigenvalue weighted by Gasteiger charge is 2.09. The summed E-state index contributed by atoms with van der Waals surface area (Å²) in [5.41, 5.74) is 0.748. The summed E-state index contributed by atoms with van der Waals surface area (Å²) in [7, 11) is -1.81. The maximum Gasteiger partial charge on any atom is 0.212 e. The first-order valence-corrected chi connectivity index (χ1v) is 6.80. The molecule has 1 aromatic rings. The summed E-state index contributed by atoms with van der Waals surface area (Å²) < 4.78 is 30.2. The van der Waals surface area contributed by atoms with Gasteiger partial charge in [0.15, 0.2) is 0 Å². The summed E-state index contributed by atoms with van der Waals surface area (Å²) in [5, 5.41) is 8.56. The van der Waals surface area contributed by atoms with Crippen LogP contribution in [0, 0.1) is 0 Å². The molecular formula is C10H16N2O4S. The van der Waals surface area contributed by atoms with Crippen molar-refractivity contribution in [2.24, 2.45) is 0 Å². The summed E-state index contributed by atoms with van der Waals surface area (Å²) >= 11 is 0. The molecule has 0 aromatic carbocycles. The monoisotopic (exact) mass is 260 g/mol. The van der Waals surface area contributed by atoms with Crippen LogP contribution >= 0.6 is 0 Å². The highest BCUT2D eigenvalue weighted by Crippen LogP contribution is 2.06. The van der Waals surface area contributed by atoms with E-state index in [0.29, 0.717) is 5.88 Å². The number of sulfonamides is 1. The van der Waals surface area contributed by atoms with E-state index in [4.69, 9.17) is 9.84 Å². The van der Waals surface area contributed by atoms with Crippen LogP contribution in [0.2, 0.25) is 0 Å². The van der Waals surface area contributed by atoms with Crippen molar-refractivity contribution in [3.8, 4) is 5.88 Å². The molecule has 17 heavy (non-hydrogen) atoms. The molecule has 7 heteroatoms. The molecule has 96 valence electrons. The lowest BCUT2D eigenvalue weighted by atomic mass is 10.3. The number of aliphatic hydroxyl groups is 1. The van der Waals surface area contributed by atoms with Crippen molar-refractivity contribution in [3.05, 3.63) is 23.9 Å². The maximum absolute atomic E-state index is 11.4. The van der Waals surface area contributed by atoms with Gasteiger partial charge in [-0.3, -0.25) is 0 Å². The molecule has 0 fully saturated rings. The average molecular weight is 260 g/mol. The van der Waals surface area contributed by atoms with Crippen LogP contribution in [0.25, 0.3) is 0 Å². The topological polar surface area (TPSA) is 88.5 Å². The number of methoxy groups -OCH3 is 1. The Balaban J connectivity index is 2.49. The third-order valence-electron chi connectivity index (χ3n) is 2.07. The van der Waals surface area contributed by atoms with Gasteiger partial charge in [-0.1, -0.05) is 6.07 Å². The van der Waals surface area contributed by atoms with Gasteiger partial charge in [-0.05, 0) is 12.0 Å². The van der Waals surface area contributed by atoms with E-state index in [2.05, 4.69) is 9.71 Å². The second kappa shape index (κ2) is 6.53. The summed E-state index contributed by atoms with van der Waals surface area (Å²) in [4.78, 5) is 3.96. The van der Waals surface area contributed by atoms with Crippen LogP contribution in [0.5, 0.6) is 5.88 Å². The van der Waals surface area contributed by atoms with Crippen LogP contribution in [-0.4, -0.2) is 38.0 Å². The van der Waals surface area contributed by atoms with E-state index in [1.807, 2.05) is 0 Å². The Bertz CT molecular complexity index is 430. The Labute approximate surface area is 101 Å². The van der Waals surface area contributed by atoms with Gasteiger partial charge in [-0.2, -0.15) is 0 Å². The molecule has 0 atom stereocenters. The zero-order chi connectivity index (χ0) is 12.7. The Morgan fingerprint density at radius 3 is 2.76 bits per heavy atom. The highest BCUT2D eigenvalue weighted by molar-refractivity contribution is 7.89. The second-order valence-electron chi connectivity index (χ2n) is 3.43. The van der Waals surface area contributed by atoms with Crippen molar-refractivity contribution in [3.63, 3.8) is 0 Å². The Morgan fingerprint density at radius 2 is 2.24 bits per heavy atom. The molecule has 1 heterocycles. The van der Waals surface area contributed by atoms with Gasteiger partial charge in [0.05, 0.1) is 12.9 Å². The van der Waals surface area contributed by atoms with Crippen molar-refractivity contribution in [1.82, 2.24) is 9.71 Å². The fourth-order valence-corrected chi connectivity index (χ4v) is 2.20. The van der Waals surface area contributed by atoms with E-state index in [1.165, 1.54) is 7.11 Å². The normalized spacial score (nSPS) is 11.4. The molecule has 0 aliphatic carbocycles. The summed E-state index contributed by atoms with van der Waals surface area (Å²) in [6, 6.07) is 3.40. The SMILES string of the molecule is COc1ccc(CNS(=O)(=O)CCCO)cn1. The van der Waals surface area contributed by atoms with Gasteiger partial charge < -0.3 is 9.84 Å². The molecule has 0 bridgehead atoms. The molecular weight excluding hydrogens is 244 g/mol. The third kappa shape index (κ3) is 5.12. The fourth-order valence-electron chi connectivity index (χ4n) is 1.16. The largest absolute Gasteiger partial charge is 0.481 e. The number of nitrogens with zero attached hydrogens (tertiary/aromatic N) is 1. The minimum atomic E-state index is -3.33. The van der Waals surface area contributed by atoms with Crippen molar-refractivity contribution >= 4 is 10.0 Å². The third-order valence-corrected chi connectivity index (χ3v) is 3.48. The highest BCUT2D eigenvalue weighted by atomic mass is 32.2. The maximum atomic E-state index is 11.4. The van der Waals surface area contributed by atoms with Gasteiger partial charge in [0.2, 0.25) is 15.9 Å². The molecule has 0 saturated heterocycles. The number of aromatic nitrogens is 1. The molecule has 0 amide bonds. The first-order chi connectivity index (χ1) is 8.07. The van der Waals surface area contributed by atoms with E-state index < -0.39 is 10.0 Å². The van der Waals surface area contributed by atoms with Crippen LogP contribution in [0.15, 0.2) is 18.3 Å². The Morgan fingerprint density at radius 1 is 1.47 bits per heavy atom. The number of rotatable bonds is 7. The number of hydrogen-bond donors (Lipinski definition) is 2. The number of hydrogen-bond acceptors (Lipinski definition) is 5. The van der Waals surface area contributed by atoms with Crippen LogP contribution in [0.3, 0.4) is 0 Å². The minimum Gasteiger partial charge on any atom is -0.481 e. The molecule has 1 aromatic heterocycles. The van der Waals surface area contributed by atoms with Crippen LogP contribution in [0.4, 0.5) is 0 Å². The molecule has 0 aliphatic heterocycles. The standard InChI is InChI=1S/C10H16N2O4S/c1-16-10-4-3-9(7-11-10)8-12-17(14,15)6-2-5-13/h3-4,7,12-13H,2,5-6,8H2,1H3. The first kappa shape index (κ1) is 13.9. The fraction of sp³-hybridized carbons (Fsp3) is 0.500. The lowest BCUT2D eigenvalue weighted by molar-refractivity contribution is 0.295. The Kier molecular flexibility index (Phi) is 5.33. The smallest absolute Gasteiger partial charge is 0.212 e. The summed E-state index contributed by atoms with van der Waals surface area (Å²) in [6.07, 6.45) is 1.78. The predicted octanol–water partition coefficient (Wildman–Crippen LogP) is -0.108. The van der Waals surface area contributed by atoms with Crippen molar-refractivity contribution in [2.75, 3.05) is 19.5 Å². The van der Waals surface area contributed by atoms with Gasteiger partial charge in [-0.25, -0.2) is 18.1 Å². The number of pyridine rings is 1. The predicted molar refractivity (Wildman–Crippen MR) is 63.1 cm³/mol. The van der Waals surface area contributed by atoms with E-state index in [1.54, 1.807) is 18.3 Å². The minimum absolute atomic E-state index is 0.0763. The zero-order valence-corrected chi connectivity index (χ0v) is 10.4. The van der Waals surface area contributed by atoms with E-state index >= 15 is 0 Å². The molecule has 1 rings (SSSR count). The molecule has 0 spiro atoms. The van der Waals surface area contributed by atoms with Crippen molar-refractivity contribution in [1.29, 1.82) is 0 Å². The summed E-state index contributed by atoms with van der Waals surface area (Å²) in [5.74, 6) is 0.407. The van der Waals surface area contributed by atoms with E-state index in [0.717, 1.165) is 5.56 Å². The number of nitrogens with one attached hydrogen (secondary N) is 1. The average Bonchev–Trinajstić information content (AvgIpc) is 2.35. The van der Waals surface area contributed by atoms with Gasteiger partial charge in [0.25, 0.3) is 0 Å². The van der Waals surface area contributed by atoms with Crippen molar-refractivity contribution in [2.45, 2.75) is 13.0 Å². The van der Waals surface area contributed by atoms with Gasteiger partial charge in [0, 0.05) is 25.4 Å². The molecule has 6 nitrogen and oxygen atoms in total. The second-order valence-corrected chi connectivity index (χ2v) is 5.35. The first-order valence-electron chi connectivity index (χ1n) is 5.14. The van der Waals surface area contributed by atoms with E-state index in [-0.39, 0.29) is 25.3 Å². The molecule has 2 N–H and O–H groups in total. The van der Waals surface area contributed by atoms with Crippen molar-refractivity contribution < 1.29 is 18.3 Å². The summed E-state index contributed by atoms with van der Waals surface area (Å²) in [6.45, 7) is 0.0513. The lowest BCUT2D eigenvalue weighted by Crippen LogP contribution is -2.26.